The van der Waals surface area contributed by atoms with E-state index in [0.717, 1.165) is 5.69 Å². The molecule has 0 saturated carbocycles. The Labute approximate surface area is 155 Å². The van der Waals surface area contributed by atoms with Gasteiger partial charge >= 0.3 is 0 Å². The van der Waals surface area contributed by atoms with E-state index in [0.29, 0.717) is 37.5 Å². The number of amides is 1. The molecule has 9 nitrogen and oxygen atoms in total. The molecule has 2 aromatic rings. The van der Waals surface area contributed by atoms with Crippen LogP contribution in [0.1, 0.15) is 20.7 Å². The molecule has 9 heteroatoms. The summed E-state index contributed by atoms with van der Waals surface area (Å²) in [7, 11) is 1.63. The number of aromatic nitrogens is 2. The van der Waals surface area contributed by atoms with Gasteiger partial charge in [-0.2, -0.15) is 0 Å². The second-order valence-corrected chi connectivity index (χ2v) is 6.28. The fourth-order valence-electron chi connectivity index (χ4n) is 3.34. The first-order chi connectivity index (χ1) is 13.1. The third-order valence-electron chi connectivity index (χ3n) is 4.69. The number of nitrogens with zero attached hydrogens (tertiary/aromatic N) is 4. The van der Waals surface area contributed by atoms with Crippen LogP contribution in [-0.2, 0) is 4.74 Å². The summed E-state index contributed by atoms with van der Waals surface area (Å²) in [6.45, 7) is 2.05. The molecule has 0 bridgehead atoms. The van der Waals surface area contributed by atoms with Crippen LogP contribution >= 0.6 is 0 Å². The molecule has 2 N–H and O–H groups in total. The van der Waals surface area contributed by atoms with Crippen molar-refractivity contribution in [1.29, 1.82) is 0 Å². The number of nitrogen functional groups attached to an aromatic ring is 1. The van der Waals surface area contributed by atoms with Gasteiger partial charge in [0.1, 0.15) is 24.3 Å². The van der Waals surface area contributed by atoms with Gasteiger partial charge in [0, 0.05) is 30.6 Å². The summed E-state index contributed by atoms with van der Waals surface area (Å²) >= 11 is 0. The normalized spacial score (nSPS) is 16.0. The summed E-state index contributed by atoms with van der Waals surface area (Å²) in [5.41, 5.74) is 8.07. The van der Waals surface area contributed by atoms with Crippen LogP contribution < -0.4 is 20.3 Å². The fourth-order valence-corrected chi connectivity index (χ4v) is 3.34. The highest BCUT2D eigenvalue weighted by Gasteiger charge is 2.31. The van der Waals surface area contributed by atoms with Gasteiger partial charge in [-0.15, -0.1) is 0 Å². The van der Waals surface area contributed by atoms with Crippen LogP contribution in [0.5, 0.6) is 5.88 Å². The Bertz CT molecular complexity index is 917. The zero-order valence-corrected chi connectivity index (χ0v) is 14.8. The Morgan fingerprint density at radius 2 is 2.15 bits per heavy atom. The maximum absolute atomic E-state index is 13.0. The SMILES string of the molecule is COCCN1CC(=O)c2cc(N3CCOc4ncnc(N)c4C3=O)ccc21. The number of hydrogen-bond donors (Lipinski definition) is 1. The van der Waals surface area contributed by atoms with E-state index in [9.17, 15) is 9.59 Å². The van der Waals surface area contributed by atoms with Crippen molar-refractivity contribution in [3.63, 3.8) is 0 Å². The second-order valence-electron chi connectivity index (χ2n) is 6.28. The monoisotopic (exact) mass is 369 g/mol. The molecule has 4 rings (SSSR count). The van der Waals surface area contributed by atoms with E-state index >= 15 is 0 Å². The summed E-state index contributed by atoms with van der Waals surface area (Å²) in [6.07, 6.45) is 1.26. The molecule has 2 aliphatic heterocycles. The van der Waals surface area contributed by atoms with Crippen LogP contribution in [0.3, 0.4) is 0 Å². The molecule has 0 radical (unpaired) electrons. The largest absolute Gasteiger partial charge is 0.475 e. The Morgan fingerprint density at radius 1 is 1.30 bits per heavy atom. The van der Waals surface area contributed by atoms with Crippen molar-refractivity contribution in [2.45, 2.75) is 0 Å². The summed E-state index contributed by atoms with van der Waals surface area (Å²) < 4.78 is 10.6. The molecule has 0 fully saturated rings. The fraction of sp³-hybridized carbons (Fsp3) is 0.333. The van der Waals surface area contributed by atoms with E-state index in [1.165, 1.54) is 11.2 Å². The number of Topliss-reactive ketones (excluding diaryl/α,β-unsaturated/α-hetero) is 1. The van der Waals surface area contributed by atoms with E-state index in [-0.39, 0.29) is 35.6 Å². The minimum absolute atomic E-state index is 0.0183. The quantitative estimate of drug-likeness (QED) is 0.840. The molecule has 27 heavy (non-hydrogen) atoms. The number of rotatable bonds is 4. The standard InChI is InChI=1S/C18H19N5O4/c1-26-6-4-22-9-14(24)12-8-11(2-3-13(12)22)23-5-7-27-17-15(18(23)25)16(19)20-10-21-17/h2-3,8,10H,4-7,9H2,1H3,(H2,19,20,21). The van der Waals surface area contributed by atoms with Crippen molar-refractivity contribution in [3.05, 3.63) is 35.7 Å². The van der Waals surface area contributed by atoms with Crippen molar-refractivity contribution in [2.75, 3.05) is 55.5 Å². The first kappa shape index (κ1) is 17.2. The number of nitrogens with two attached hydrogens (primary N) is 1. The third-order valence-corrected chi connectivity index (χ3v) is 4.69. The van der Waals surface area contributed by atoms with Crippen molar-refractivity contribution < 1.29 is 19.1 Å². The Hall–Kier alpha value is -3.20. The Kier molecular flexibility index (Phi) is 4.36. The molecule has 0 saturated heterocycles. The lowest BCUT2D eigenvalue weighted by atomic mass is 10.1. The molecule has 0 aliphatic carbocycles. The molecular formula is C18H19N5O4. The van der Waals surface area contributed by atoms with Crippen LogP contribution in [0.2, 0.25) is 0 Å². The molecular weight excluding hydrogens is 350 g/mol. The predicted octanol–water partition coefficient (Wildman–Crippen LogP) is 0.747. The van der Waals surface area contributed by atoms with Gasteiger partial charge in [0.05, 0.1) is 19.7 Å². The van der Waals surface area contributed by atoms with Gasteiger partial charge in [0.15, 0.2) is 5.78 Å². The maximum Gasteiger partial charge on any atom is 0.267 e. The number of carbonyl (C=O) groups is 2. The summed E-state index contributed by atoms with van der Waals surface area (Å²) in [4.78, 5) is 36.8. The first-order valence-electron chi connectivity index (χ1n) is 8.56. The molecule has 140 valence electrons. The van der Waals surface area contributed by atoms with Gasteiger partial charge in [-0.3, -0.25) is 9.59 Å². The van der Waals surface area contributed by atoms with Gasteiger partial charge in [-0.05, 0) is 18.2 Å². The molecule has 3 heterocycles. The zero-order chi connectivity index (χ0) is 19.0. The number of benzene rings is 1. The minimum Gasteiger partial charge on any atom is -0.475 e. The molecule has 2 aliphatic rings. The van der Waals surface area contributed by atoms with Crippen molar-refractivity contribution >= 4 is 28.9 Å². The van der Waals surface area contributed by atoms with E-state index in [4.69, 9.17) is 15.2 Å². The maximum atomic E-state index is 13.0. The van der Waals surface area contributed by atoms with Crippen LogP contribution in [0.4, 0.5) is 17.2 Å². The molecule has 0 unspecified atom stereocenters. The third kappa shape index (κ3) is 2.95. The molecule has 1 aromatic heterocycles. The number of ether oxygens (including phenoxy) is 2. The van der Waals surface area contributed by atoms with Crippen LogP contribution in [0.15, 0.2) is 24.5 Å². The number of ketones is 1. The molecule has 0 atom stereocenters. The first-order valence-corrected chi connectivity index (χ1v) is 8.56. The van der Waals surface area contributed by atoms with Crippen molar-refractivity contribution in [2.24, 2.45) is 0 Å². The molecule has 0 spiro atoms. The van der Waals surface area contributed by atoms with E-state index in [1.54, 1.807) is 13.2 Å². The lowest BCUT2D eigenvalue weighted by molar-refractivity contribution is 0.0985. The van der Waals surface area contributed by atoms with Gasteiger partial charge in [-0.1, -0.05) is 0 Å². The van der Waals surface area contributed by atoms with Gasteiger partial charge in [0.25, 0.3) is 5.91 Å². The predicted molar refractivity (Wildman–Crippen MR) is 98.5 cm³/mol. The van der Waals surface area contributed by atoms with Crippen LogP contribution in [0, 0.1) is 0 Å². The lowest BCUT2D eigenvalue weighted by Crippen LogP contribution is -2.33. The second kappa shape index (κ2) is 6.84. The lowest BCUT2D eigenvalue weighted by Gasteiger charge is -2.22. The Morgan fingerprint density at radius 3 is 2.96 bits per heavy atom. The van der Waals surface area contributed by atoms with E-state index in [2.05, 4.69) is 9.97 Å². The van der Waals surface area contributed by atoms with Crippen molar-refractivity contribution in [3.8, 4) is 5.88 Å². The Balaban J connectivity index is 1.68. The number of anilines is 3. The summed E-state index contributed by atoms with van der Waals surface area (Å²) in [5, 5.41) is 0. The minimum atomic E-state index is -0.345. The average Bonchev–Trinajstić information content (AvgIpc) is 2.87. The average molecular weight is 369 g/mol. The van der Waals surface area contributed by atoms with Crippen molar-refractivity contribution in [1.82, 2.24) is 9.97 Å². The van der Waals surface area contributed by atoms with E-state index < -0.39 is 0 Å². The van der Waals surface area contributed by atoms with Gasteiger partial charge < -0.3 is 25.0 Å². The van der Waals surface area contributed by atoms with Crippen LogP contribution in [-0.4, -0.2) is 61.6 Å². The van der Waals surface area contributed by atoms with Crippen LogP contribution in [0.25, 0.3) is 0 Å². The number of carbonyl (C=O) groups excluding carboxylic acids is 2. The molecule has 1 amide bonds. The highest BCUT2D eigenvalue weighted by Crippen LogP contribution is 2.33. The topological polar surface area (TPSA) is 111 Å². The number of fused-ring (bicyclic) bond motifs is 2. The van der Waals surface area contributed by atoms with E-state index in [1.807, 2.05) is 17.0 Å². The highest BCUT2D eigenvalue weighted by atomic mass is 16.5. The number of hydrogen-bond acceptors (Lipinski definition) is 8. The van der Waals surface area contributed by atoms with Gasteiger partial charge in [-0.25, -0.2) is 9.97 Å². The smallest absolute Gasteiger partial charge is 0.267 e. The number of methoxy groups -OCH3 is 1. The highest BCUT2D eigenvalue weighted by molar-refractivity contribution is 6.13. The summed E-state index contributed by atoms with van der Waals surface area (Å²) in [5.74, 6) is -0.0789. The zero-order valence-electron chi connectivity index (χ0n) is 14.8. The molecule has 1 aromatic carbocycles. The summed E-state index contributed by atoms with van der Waals surface area (Å²) in [6, 6.07) is 5.42. The van der Waals surface area contributed by atoms with Gasteiger partial charge in [0.2, 0.25) is 5.88 Å².